The van der Waals surface area contributed by atoms with Crippen LogP contribution in [0.3, 0.4) is 0 Å². The van der Waals surface area contributed by atoms with Crippen molar-refractivity contribution in [2.75, 3.05) is 5.33 Å². The first-order valence-corrected chi connectivity index (χ1v) is 5.51. The number of hydrogen-bond donors (Lipinski definition) is 0. The zero-order valence-corrected chi connectivity index (χ0v) is 9.63. The Bertz CT molecular complexity index is 305. The van der Waals surface area contributed by atoms with Gasteiger partial charge in [0.15, 0.2) is 0 Å². The molecular formula is C11H14BrN. The SMILES string of the molecule is CC(=CCCBr)c1cnccc1C. The maximum Gasteiger partial charge on any atom is 0.0345 e. The van der Waals surface area contributed by atoms with Crippen molar-refractivity contribution in [1.82, 2.24) is 4.98 Å². The molecule has 0 spiro atoms. The number of halogens is 1. The summed E-state index contributed by atoms with van der Waals surface area (Å²) in [6, 6.07) is 2.04. The Labute approximate surface area is 88.0 Å². The van der Waals surface area contributed by atoms with Crippen LogP contribution in [0.15, 0.2) is 24.5 Å². The molecule has 0 amide bonds. The van der Waals surface area contributed by atoms with Crippen LogP contribution in [0.4, 0.5) is 0 Å². The molecule has 0 aliphatic heterocycles. The molecular weight excluding hydrogens is 226 g/mol. The number of nitrogens with zero attached hydrogens (tertiary/aromatic N) is 1. The monoisotopic (exact) mass is 239 g/mol. The van der Waals surface area contributed by atoms with E-state index in [1.54, 1.807) is 0 Å². The first kappa shape index (κ1) is 10.5. The third-order valence-electron chi connectivity index (χ3n) is 2.02. The Kier molecular flexibility index (Phi) is 4.16. The Hall–Kier alpha value is -0.630. The van der Waals surface area contributed by atoms with Gasteiger partial charge < -0.3 is 0 Å². The Morgan fingerprint density at radius 2 is 2.38 bits per heavy atom. The summed E-state index contributed by atoms with van der Waals surface area (Å²) in [6.45, 7) is 4.25. The fourth-order valence-electron chi connectivity index (χ4n) is 1.26. The second-order valence-corrected chi connectivity index (χ2v) is 3.85. The van der Waals surface area contributed by atoms with Crippen molar-refractivity contribution in [3.63, 3.8) is 0 Å². The van der Waals surface area contributed by atoms with Crippen molar-refractivity contribution in [1.29, 1.82) is 0 Å². The van der Waals surface area contributed by atoms with Crippen molar-refractivity contribution in [3.8, 4) is 0 Å². The van der Waals surface area contributed by atoms with E-state index in [4.69, 9.17) is 0 Å². The maximum absolute atomic E-state index is 4.12. The summed E-state index contributed by atoms with van der Waals surface area (Å²) in [5.41, 5.74) is 3.85. The molecule has 1 aromatic heterocycles. The molecule has 1 rings (SSSR count). The van der Waals surface area contributed by atoms with Crippen LogP contribution in [0, 0.1) is 6.92 Å². The van der Waals surface area contributed by atoms with Gasteiger partial charge in [-0.05, 0) is 43.0 Å². The Morgan fingerprint density at radius 3 is 3.00 bits per heavy atom. The van der Waals surface area contributed by atoms with Gasteiger partial charge in [0.2, 0.25) is 0 Å². The van der Waals surface area contributed by atoms with Gasteiger partial charge in [-0.2, -0.15) is 0 Å². The molecule has 0 bridgehead atoms. The van der Waals surface area contributed by atoms with E-state index in [9.17, 15) is 0 Å². The van der Waals surface area contributed by atoms with Crippen molar-refractivity contribution in [2.45, 2.75) is 20.3 Å². The summed E-state index contributed by atoms with van der Waals surface area (Å²) >= 11 is 3.41. The molecule has 2 heteroatoms. The molecule has 0 saturated carbocycles. The molecule has 13 heavy (non-hydrogen) atoms. The molecule has 0 N–H and O–H groups in total. The second-order valence-electron chi connectivity index (χ2n) is 3.06. The highest BCUT2D eigenvalue weighted by atomic mass is 79.9. The molecule has 1 nitrogen and oxygen atoms in total. The summed E-state index contributed by atoms with van der Waals surface area (Å²) < 4.78 is 0. The highest BCUT2D eigenvalue weighted by Gasteiger charge is 1.98. The summed E-state index contributed by atoms with van der Waals surface area (Å²) in [5.74, 6) is 0. The fourth-order valence-corrected chi connectivity index (χ4v) is 1.49. The van der Waals surface area contributed by atoms with Crippen LogP contribution < -0.4 is 0 Å². The number of rotatable bonds is 3. The number of alkyl halides is 1. The lowest BCUT2D eigenvalue weighted by Gasteiger charge is -2.04. The van der Waals surface area contributed by atoms with Crippen LogP contribution in [0.25, 0.3) is 5.57 Å². The van der Waals surface area contributed by atoms with E-state index in [1.807, 2.05) is 18.5 Å². The van der Waals surface area contributed by atoms with E-state index < -0.39 is 0 Å². The molecule has 0 aliphatic carbocycles. The van der Waals surface area contributed by atoms with Crippen molar-refractivity contribution >= 4 is 21.5 Å². The van der Waals surface area contributed by atoms with Gasteiger partial charge in [0.1, 0.15) is 0 Å². The smallest absolute Gasteiger partial charge is 0.0345 e. The molecule has 0 aromatic carbocycles. The predicted molar refractivity (Wildman–Crippen MR) is 61.0 cm³/mol. The normalized spacial score (nSPS) is 11.8. The highest BCUT2D eigenvalue weighted by Crippen LogP contribution is 2.17. The van der Waals surface area contributed by atoms with Gasteiger partial charge in [0.25, 0.3) is 0 Å². The number of hydrogen-bond acceptors (Lipinski definition) is 1. The number of aryl methyl sites for hydroxylation is 1. The van der Waals surface area contributed by atoms with E-state index in [-0.39, 0.29) is 0 Å². The molecule has 70 valence electrons. The third kappa shape index (κ3) is 2.96. The van der Waals surface area contributed by atoms with Gasteiger partial charge in [0, 0.05) is 17.7 Å². The second kappa shape index (κ2) is 5.18. The molecule has 0 aliphatic rings. The van der Waals surface area contributed by atoms with Crippen molar-refractivity contribution < 1.29 is 0 Å². The molecule has 0 atom stereocenters. The van der Waals surface area contributed by atoms with Gasteiger partial charge in [-0.1, -0.05) is 22.0 Å². The minimum Gasteiger partial charge on any atom is -0.264 e. The molecule has 1 aromatic rings. The standard InChI is InChI=1S/C11H14BrN/c1-9(4-3-6-12)11-8-13-7-5-10(11)2/h4-5,7-8H,3,6H2,1-2H3. The number of pyridine rings is 1. The van der Waals surface area contributed by atoms with Gasteiger partial charge in [-0.15, -0.1) is 0 Å². The largest absolute Gasteiger partial charge is 0.264 e. The predicted octanol–water partition coefficient (Wildman–Crippen LogP) is 3.58. The Morgan fingerprint density at radius 1 is 1.62 bits per heavy atom. The van der Waals surface area contributed by atoms with Gasteiger partial charge >= 0.3 is 0 Å². The summed E-state index contributed by atoms with van der Waals surface area (Å²) in [5, 5.41) is 1.02. The van der Waals surface area contributed by atoms with E-state index in [2.05, 4.69) is 40.8 Å². The van der Waals surface area contributed by atoms with Gasteiger partial charge in [0.05, 0.1) is 0 Å². The lowest BCUT2D eigenvalue weighted by molar-refractivity contribution is 1.22. The molecule has 0 radical (unpaired) electrons. The zero-order chi connectivity index (χ0) is 9.68. The minimum absolute atomic E-state index is 1.02. The van der Waals surface area contributed by atoms with E-state index in [0.29, 0.717) is 0 Å². The lowest BCUT2D eigenvalue weighted by atomic mass is 10.0. The summed E-state index contributed by atoms with van der Waals surface area (Å²) in [7, 11) is 0. The van der Waals surface area contributed by atoms with Crippen LogP contribution in [-0.4, -0.2) is 10.3 Å². The fraction of sp³-hybridized carbons (Fsp3) is 0.364. The average molecular weight is 240 g/mol. The van der Waals surface area contributed by atoms with Gasteiger partial charge in [-0.25, -0.2) is 0 Å². The average Bonchev–Trinajstić information content (AvgIpc) is 2.15. The summed E-state index contributed by atoms with van der Waals surface area (Å²) in [4.78, 5) is 4.12. The number of allylic oxidation sites excluding steroid dienone is 2. The van der Waals surface area contributed by atoms with Crippen LogP contribution in [0.5, 0.6) is 0 Å². The summed E-state index contributed by atoms with van der Waals surface area (Å²) in [6.07, 6.45) is 7.06. The Balaban J connectivity index is 2.88. The highest BCUT2D eigenvalue weighted by molar-refractivity contribution is 9.09. The molecule has 0 unspecified atom stereocenters. The van der Waals surface area contributed by atoms with E-state index in [1.165, 1.54) is 16.7 Å². The first-order valence-electron chi connectivity index (χ1n) is 4.39. The minimum atomic E-state index is 1.02. The zero-order valence-electron chi connectivity index (χ0n) is 8.05. The van der Waals surface area contributed by atoms with Crippen molar-refractivity contribution in [3.05, 3.63) is 35.7 Å². The lowest BCUT2D eigenvalue weighted by Crippen LogP contribution is -1.87. The van der Waals surface area contributed by atoms with E-state index in [0.717, 1.165) is 11.8 Å². The van der Waals surface area contributed by atoms with Crippen molar-refractivity contribution in [2.24, 2.45) is 0 Å². The molecule has 1 heterocycles. The van der Waals surface area contributed by atoms with Crippen LogP contribution in [0.1, 0.15) is 24.5 Å². The van der Waals surface area contributed by atoms with Crippen LogP contribution >= 0.6 is 15.9 Å². The first-order chi connectivity index (χ1) is 6.25. The van der Waals surface area contributed by atoms with E-state index >= 15 is 0 Å². The number of aromatic nitrogens is 1. The third-order valence-corrected chi connectivity index (χ3v) is 2.48. The van der Waals surface area contributed by atoms with Crippen LogP contribution in [-0.2, 0) is 0 Å². The van der Waals surface area contributed by atoms with Gasteiger partial charge in [-0.3, -0.25) is 4.98 Å². The topological polar surface area (TPSA) is 12.9 Å². The molecule has 0 saturated heterocycles. The quantitative estimate of drug-likeness (QED) is 0.736. The van der Waals surface area contributed by atoms with Crippen LogP contribution in [0.2, 0.25) is 0 Å². The molecule has 0 fully saturated rings. The maximum atomic E-state index is 4.12.